The molecule has 1 aromatic carbocycles. The molecule has 174 valence electrons. The Balaban J connectivity index is 1.44. The molecule has 3 N–H and O–H groups in total. The summed E-state index contributed by atoms with van der Waals surface area (Å²) >= 11 is 0. The molecule has 0 bridgehead atoms. The van der Waals surface area contributed by atoms with E-state index in [-0.39, 0.29) is 29.7 Å². The molecule has 1 aromatic heterocycles. The summed E-state index contributed by atoms with van der Waals surface area (Å²) in [6, 6.07) is 13.2. The van der Waals surface area contributed by atoms with Crippen LogP contribution < -0.4 is 15.8 Å². The second-order valence-electron chi connectivity index (χ2n) is 9.21. The number of carbonyl (C=O) groups excluding carboxylic acids is 2. The van der Waals surface area contributed by atoms with Gasteiger partial charge in [-0.3, -0.25) is 14.5 Å². The molecule has 1 saturated carbocycles. The Labute approximate surface area is 194 Å². The third-order valence-electron chi connectivity index (χ3n) is 6.85. The number of benzene rings is 1. The summed E-state index contributed by atoms with van der Waals surface area (Å²) in [5.41, 5.74) is 6.84. The van der Waals surface area contributed by atoms with Crippen LogP contribution in [0.4, 0.5) is 0 Å². The first-order valence-corrected chi connectivity index (χ1v) is 11.5. The lowest BCUT2D eigenvalue weighted by Gasteiger charge is -2.34. The number of nitrogens with zero attached hydrogens (tertiary/aromatic N) is 3. The van der Waals surface area contributed by atoms with E-state index in [0.717, 1.165) is 32.1 Å². The monoisotopic (exact) mass is 449 g/mol. The molecule has 2 aliphatic rings. The second-order valence-corrected chi connectivity index (χ2v) is 9.21. The zero-order chi connectivity index (χ0) is 23.4. The third-order valence-corrected chi connectivity index (χ3v) is 6.85. The van der Waals surface area contributed by atoms with Crippen molar-refractivity contribution >= 4 is 17.8 Å². The molecule has 0 unspecified atom stereocenters. The molecule has 2 amide bonds. The lowest BCUT2D eigenvalue weighted by atomic mass is 9.75. The van der Waals surface area contributed by atoms with Crippen molar-refractivity contribution in [2.45, 2.75) is 56.5 Å². The number of carbonyl (C=O) groups is 2. The number of pyridine rings is 1. The fourth-order valence-corrected chi connectivity index (χ4v) is 5.07. The van der Waals surface area contributed by atoms with E-state index in [0.29, 0.717) is 23.1 Å². The van der Waals surface area contributed by atoms with E-state index in [1.54, 1.807) is 7.05 Å². The summed E-state index contributed by atoms with van der Waals surface area (Å²) in [6.45, 7) is 0. The zero-order valence-corrected chi connectivity index (χ0v) is 18.9. The van der Waals surface area contributed by atoms with Gasteiger partial charge in [0.1, 0.15) is 5.54 Å². The largest absolute Gasteiger partial charge is 0.619 e. The molecular formula is C25H31N5O3. The molecule has 33 heavy (non-hydrogen) atoms. The van der Waals surface area contributed by atoms with Gasteiger partial charge in [-0.25, -0.2) is 4.99 Å². The number of amides is 2. The maximum Gasteiger partial charge on any atom is 0.257 e. The van der Waals surface area contributed by atoms with Gasteiger partial charge in [-0.2, -0.15) is 4.73 Å². The van der Waals surface area contributed by atoms with E-state index >= 15 is 0 Å². The molecule has 1 aliphatic heterocycles. The predicted octanol–water partition coefficient (Wildman–Crippen LogP) is 2.16. The molecule has 2 heterocycles. The van der Waals surface area contributed by atoms with E-state index in [9.17, 15) is 14.8 Å². The van der Waals surface area contributed by atoms with E-state index in [1.165, 1.54) is 35.0 Å². The van der Waals surface area contributed by atoms with Crippen LogP contribution in [0.15, 0.2) is 59.9 Å². The molecule has 1 fully saturated rings. The fourth-order valence-electron chi connectivity index (χ4n) is 5.07. The van der Waals surface area contributed by atoms with Crippen LogP contribution in [0.2, 0.25) is 0 Å². The number of aliphatic imine (C=N–C) groups is 1. The van der Waals surface area contributed by atoms with Gasteiger partial charge in [0.25, 0.3) is 11.8 Å². The van der Waals surface area contributed by atoms with Crippen LogP contribution in [0, 0.1) is 11.1 Å². The average molecular weight is 450 g/mol. The minimum atomic E-state index is -0.855. The molecule has 0 spiro atoms. The number of hydrogen-bond donors (Lipinski definition) is 2. The predicted molar refractivity (Wildman–Crippen MR) is 125 cm³/mol. The number of rotatable bonds is 7. The van der Waals surface area contributed by atoms with Crippen LogP contribution in [0.1, 0.15) is 54.4 Å². The second kappa shape index (κ2) is 9.60. The van der Waals surface area contributed by atoms with E-state index in [2.05, 4.69) is 22.4 Å². The van der Waals surface area contributed by atoms with Gasteiger partial charge in [-0.1, -0.05) is 43.2 Å². The SMILES string of the molecule is CN1C(=O)[C@@](CCc2ccccc2)(C[C@H]2CCC[C@@H](NC(=O)c3cc[n+]([O-])cc3)C2)N=C1N. The van der Waals surface area contributed by atoms with Gasteiger partial charge in [0.2, 0.25) is 0 Å². The van der Waals surface area contributed by atoms with Crippen LogP contribution in [-0.2, 0) is 11.2 Å². The van der Waals surface area contributed by atoms with Crippen molar-refractivity contribution in [1.82, 2.24) is 10.2 Å². The van der Waals surface area contributed by atoms with Gasteiger partial charge in [0.05, 0.1) is 5.56 Å². The Morgan fingerprint density at radius 1 is 1.24 bits per heavy atom. The molecule has 0 radical (unpaired) electrons. The summed E-state index contributed by atoms with van der Waals surface area (Å²) in [6.07, 6.45) is 8.27. The smallest absolute Gasteiger partial charge is 0.257 e. The summed E-state index contributed by atoms with van der Waals surface area (Å²) in [7, 11) is 1.68. The maximum atomic E-state index is 13.2. The Kier molecular flexibility index (Phi) is 6.62. The van der Waals surface area contributed by atoms with Gasteiger partial charge >= 0.3 is 0 Å². The first-order valence-electron chi connectivity index (χ1n) is 11.5. The first-order chi connectivity index (χ1) is 15.9. The lowest BCUT2D eigenvalue weighted by Crippen LogP contribution is -2.45. The number of nitrogens with two attached hydrogens (primary N) is 1. The minimum absolute atomic E-state index is 0.0255. The van der Waals surface area contributed by atoms with Gasteiger partial charge in [0.15, 0.2) is 18.4 Å². The van der Waals surface area contributed by atoms with Gasteiger partial charge in [-0.05, 0) is 43.6 Å². The van der Waals surface area contributed by atoms with Crippen molar-refractivity contribution in [2.24, 2.45) is 16.6 Å². The van der Waals surface area contributed by atoms with Crippen LogP contribution in [-0.4, -0.2) is 41.3 Å². The highest BCUT2D eigenvalue weighted by molar-refractivity contribution is 6.06. The summed E-state index contributed by atoms with van der Waals surface area (Å²) in [5.74, 6) is 0.302. The number of likely N-dealkylation sites (N-methyl/N-ethyl adjacent to an activating group) is 1. The first kappa shape index (κ1) is 22.8. The van der Waals surface area contributed by atoms with Crippen LogP contribution >= 0.6 is 0 Å². The van der Waals surface area contributed by atoms with Gasteiger partial charge in [0, 0.05) is 25.2 Å². The van der Waals surface area contributed by atoms with Crippen molar-refractivity contribution in [2.75, 3.05) is 7.05 Å². The highest BCUT2D eigenvalue weighted by Gasteiger charge is 2.47. The molecule has 0 saturated heterocycles. The van der Waals surface area contributed by atoms with Gasteiger partial charge in [-0.15, -0.1) is 0 Å². The number of aryl methyl sites for hydroxylation is 1. The molecule has 8 nitrogen and oxygen atoms in total. The standard InChI is InChI=1S/C25H31N5O3/c1-29-23(32)25(28-24(29)26,13-10-18-6-3-2-4-7-18)17-19-8-5-9-21(16-19)27-22(31)20-11-14-30(33)15-12-20/h2-4,6-7,11-12,14-15,19,21H,5,8-10,13,16-17H2,1H3,(H2,26,28)(H,27,31)/t19-,21+,25+/m0/s1. The normalized spacial score (nSPS) is 25.1. The molecule has 2 aromatic rings. The van der Waals surface area contributed by atoms with Crippen molar-refractivity contribution in [3.05, 3.63) is 71.2 Å². The molecule has 3 atom stereocenters. The Morgan fingerprint density at radius 3 is 2.64 bits per heavy atom. The Hall–Kier alpha value is -3.42. The number of guanidine groups is 1. The summed E-state index contributed by atoms with van der Waals surface area (Å²) in [5, 5.41) is 14.3. The quantitative estimate of drug-likeness (QED) is 0.498. The van der Waals surface area contributed by atoms with Crippen molar-refractivity contribution < 1.29 is 14.3 Å². The molecular weight excluding hydrogens is 418 g/mol. The van der Waals surface area contributed by atoms with Gasteiger partial charge < -0.3 is 16.3 Å². The summed E-state index contributed by atoms with van der Waals surface area (Å²) < 4.78 is 0.657. The lowest BCUT2D eigenvalue weighted by molar-refractivity contribution is -0.605. The highest BCUT2D eigenvalue weighted by Crippen LogP contribution is 2.38. The van der Waals surface area contributed by atoms with Crippen LogP contribution in [0.5, 0.6) is 0 Å². The van der Waals surface area contributed by atoms with Crippen molar-refractivity contribution in [3.8, 4) is 0 Å². The Morgan fingerprint density at radius 2 is 1.97 bits per heavy atom. The number of aromatic nitrogens is 1. The molecule has 8 heteroatoms. The van der Waals surface area contributed by atoms with E-state index in [1.807, 2.05) is 18.2 Å². The van der Waals surface area contributed by atoms with Crippen molar-refractivity contribution in [1.29, 1.82) is 0 Å². The number of hydrogen-bond acceptors (Lipinski definition) is 5. The summed E-state index contributed by atoms with van der Waals surface area (Å²) in [4.78, 5) is 32.0. The highest BCUT2D eigenvalue weighted by atomic mass is 16.5. The molecule has 4 rings (SSSR count). The van der Waals surface area contributed by atoms with E-state index < -0.39 is 5.54 Å². The topological polar surface area (TPSA) is 115 Å². The minimum Gasteiger partial charge on any atom is -0.619 e. The zero-order valence-electron chi connectivity index (χ0n) is 18.9. The van der Waals surface area contributed by atoms with Crippen LogP contribution in [0.25, 0.3) is 0 Å². The average Bonchev–Trinajstić information content (AvgIpc) is 3.02. The van der Waals surface area contributed by atoms with Crippen molar-refractivity contribution in [3.63, 3.8) is 0 Å². The Bertz CT molecular complexity index is 1020. The van der Waals surface area contributed by atoms with E-state index in [4.69, 9.17) is 5.73 Å². The third kappa shape index (κ3) is 5.16. The molecule has 1 aliphatic carbocycles. The fraction of sp³-hybridized carbons (Fsp3) is 0.440. The maximum absolute atomic E-state index is 13.2. The van der Waals surface area contributed by atoms with Crippen LogP contribution in [0.3, 0.4) is 0 Å². The number of nitrogens with one attached hydrogen (secondary N) is 1.